The van der Waals surface area contributed by atoms with E-state index in [1.54, 1.807) is 19.2 Å². The third kappa shape index (κ3) is 3.18. The van der Waals surface area contributed by atoms with Crippen molar-refractivity contribution in [1.82, 2.24) is 0 Å². The average molecular weight is 291 g/mol. The molecule has 1 aromatic carbocycles. The average Bonchev–Trinajstić information content (AvgIpc) is 2.21. The summed E-state index contributed by atoms with van der Waals surface area (Å²) in [5.74, 6) is -1.52. The van der Waals surface area contributed by atoms with Crippen LogP contribution >= 0.6 is 15.9 Å². The Morgan fingerprint density at radius 2 is 2.31 bits per heavy atom. The van der Waals surface area contributed by atoms with Crippen LogP contribution in [0.15, 0.2) is 22.7 Å². The lowest BCUT2D eigenvalue weighted by molar-refractivity contribution is -0.138. The summed E-state index contributed by atoms with van der Waals surface area (Å²) in [6.07, 6.45) is 0. The molecule has 0 aliphatic heterocycles. The fourth-order valence-electron chi connectivity index (χ4n) is 1.25. The van der Waals surface area contributed by atoms with Crippen molar-refractivity contribution in [3.63, 3.8) is 0 Å². The van der Waals surface area contributed by atoms with Gasteiger partial charge in [-0.25, -0.2) is 4.39 Å². The summed E-state index contributed by atoms with van der Waals surface area (Å²) < 4.78 is 14.1. The van der Waals surface area contributed by atoms with E-state index < -0.39 is 17.8 Å². The maximum absolute atomic E-state index is 13.4. The van der Waals surface area contributed by atoms with Gasteiger partial charge in [-0.3, -0.25) is 4.79 Å². The summed E-state index contributed by atoms with van der Waals surface area (Å²) in [5, 5.41) is 8.65. The Labute approximate surface area is 101 Å². The van der Waals surface area contributed by atoms with Gasteiger partial charge in [0.2, 0.25) is 0 Å². The van der Waals surface area contributed by atoms with Crippen molar-refractivity contribution in [2.24, 2.45) is 5.73 Å². The van der Waals surface area contributed by atoms with Crippen molar-refractivity contribution in [1.29, 1.82) is 0 Å². The highest BCUT2D eigenvalue weighted by Crippen LogP contribution is 2.22. The van der Waals surface area contributed by atoms with Crippen molar-refractivity contribution < 1.29 is 14.3 Å². The highest BCUT2D eigenvalue weighted by Gasteiger charge is 2.16. The van der Waals surface area contributed by atoms with Gasteiger partial charge in [0.25, 0.3) is 0 Å². The zero-order chi connectivity index (χ0) is 12.3. The first-order valence-electron chi connectivity index (χ1n) is 4.56. The molecule has 0 fully saturated rings. The minimum atomic E-state index is -1.11. The van der Waals surface area contributed by atoms with E-state index in [1.807, 2.05) is 0 Å². The third-order valence-electron chi connectivity index (χ3n) is 2.11. The molecule has 0 aliphatic rings. The van der Waals surface area contributed by atoms with Crippen molar-refractivity contribution in [2.45, 2.75) is 6.04 Å². The molecule has 0 amide bonds. The fourth-order valence-corrected chi connectivity index (χ4v) is 1.60. The summed E-state index contributed by atoms with van der Waals surface area (Å²) >= 11 is 3.22. The smallest absolute Gasteiger partial charge is 0.322 e. The van der Waals surface area contributed by atoms with E-state index in [1.165, 1.54) is 11.0 Å². The summed E-state index contributed by atoms with van der Waals surface area (Å²) in [6, 6.07) is 3.42. The monoisotopic (exact) mass is 290 g/mol. The molecule has 16 heavy (non-hydrogen) atoms. The van der Waals surface area contributed by atoms with E-state index in [0.29, 0.717) is 5.69 Å². The van der Waals surface area contributed by atoms with Crippen molar-refractivity contribution in [3.05, 3.63) is 28.5 Å². The van der Waals surface area contributed by atoms with Gasteiger partial charge in [0.1, 0.15) is 11.9 Å². The van der Waals surface area contributed by atoms with Crippen LogP contribution in [-0.2, 0) is 4.79 Å². The predicted molar refractivity (Wildman–Crippen MR) is 63.0 cm³/mol. The quantitative estimate of drug-likeness (QED) is 0.881. The minimum Gasteiger partial charge on any atom is -0.480 e. The zero-order valence-electron chi connectivity index (χ0n) is 8.65. The Morgan fingerprint density at radius 1 is 1.69 bits per heavy atom. The Balaban J connectivity index is 2.83. The molecule has 1 rings (SSSR count). The van der Waals surface area contributed by atoms with E-state index in [2.05, 4.69) is 15.9 Å². The van der Waals surface area contributed by atoms with Gasteiger partial charge in [0, 0.05) is 18.1 Å². The number of hydrogen-bond donors (Lipinski definition) is 2. The molecule has 88 valence electrons. The van der Waals surface area contributed by atoms with Crippen LogP contribution in [-0.4, -0.2) is 30.7 Å². The number of benzene rings is 1. The molecule has 1 atom stereocenters. The maximum Gasteiger partial charge on any atom is 0.322 e. The topological polar surface area (TPSA) is 66.6 Å². The molecule has 0 aromatic heterocycles. The lowest BCUT2D eigenvalue weighted by atomic mass is 10.2. The number of halogens is 2. The Bertz CT molecular complexity index is 400. The van der Waals surface area contributed by atoms with Crippen LogP contribution in [0.5, 0.6) is 0 Å². The second kappa shape index (κ2) is 5.27. The van der Waals surface area contributed by atoms with Gasteiger partial charge in [-0.05, 0) is 18.2 Å². The molecular formula is C10H12BrFN2O2. The number of nitrogens with two attached hydrogens (primary N) is 1. The largest absolute Gasteiger partial charge is 0.480 e. The number of nitrogens with zero attached hydrogens (tertiary/aromatic N) is 1. The van der Waals surface area contributed by atoms with Crippen LogP contribution < -0.4 is 10.6 Å². The lowest BCUT2D eigenvalue weighted by Gasteiger charge is -2.22. The normalized spacial score (nSPS) is 12.2. The Morgan fingerprint density at radius 3 is 2.88 bits per heavy atom. The molecule has 4 nitrogen and oxygen atoms in total. The molecular weight excluding hydrogens is 279 g/mol. The van der Waals surface area contributed by atoms with E-state index in [4.69, 9.17) is 10.8 Å². The molecule has 0 aliphatic carbocycles. The second-order valence-electron chi connectivity index (χ2n) is 3.42. The summed E-state index contributed by atoms with van der Waals surface area (Å²) in [6.45, 7) is 0.0444. The van der Waals surface area contributed by atoms with Crippen LogP contribution in [0.3, 0.4) is 0 Å². The van der Waals surface area contributed by atoms with Crippen LogP contribution in [0.2, 0.25) is 0 Å². The van der Waals surface area contributed by atoms with Crippen molar-refractivity contribution in [3.8, 4) is 0 Å². The standard InChI is InChI=1S/C10H12BrFN2O2/c1-14(5-8(13)10(15)16)9-4-6(11)2-3-7(9)12/h2-4,8H,5,13H2,1H3,(H,15,16). The highest BCUT2D eigenvalue weighted by molar-refractivity contribution is 9.10. The fraction of sp³-hybridized carbons (Fsp3) is 0.300. The number of likely N-dealkylation sites (N-methyl/N-ethyl adjacent to an activating group) is 1. The first-order chi connectivity index (χ1) is 7.41. The zero-order valence-corrected chi connectivity index (χ0v) is 10.2. The molecule has 3 N–H and O–H groups in total. The van der Waals surface area contributed by atoms with E-state index in [0.717, 1.165) is 4.47 Å². The van der Waals surface area contributed by atoms with E-state index in [-0.39, 0.29) is 6.54 Å². The van der Waals surface area contributed by atoms with Gasteiger partial charge in [-0.2, -0.15) is 0 Å². The van der Waals surface area contributed by atoms with Gasteiger partial charge >= 0.3 is 5.97 Å². The molecule has 0 bridgehead atoms. The third-order valence-corrected chi connectivity index (χ3v) is 2.60. The predicted octanol–water partition coefficient (Wildman–Crippen LogP) is 1.44. The van der Waals surface area contributed by atoms with Crippen molar-refractivity contribution >= 4 is 27.6 Å². The number of aliphatic carboxylic acids is 1. The number of hydrogen-bond acceptors (Lipinski definition) is 3. The SMILES string of the molecule is CN(CC(N)C(=O)O)c1cc(Br)ccc1F. The van der Waals surface area contributed by atoms with Crippen LogP contribution in [0.1, 0.15) is 0 Å². The maximum atomic E-state index is 13.4. The number of rotatable bonds is 4. The van der Waals surface area contributed by atoms with E-state index >= 15 is 0 Å². The van der Waals surface area contributed by atoms with Crippen molar-refractivity contribution in [2.75, 3.05) is 18.5 Å². The van der Waals surface area contributed by atoms with Crippen LogP contribution in [0.4, 0.5) is 10.1 Å². The minimum absolute atomic E-state index is 0.0444. The number of anilines is 1. The Kier molecular flexibility index (Phi) is 4.26. The molecule has 0 saturated heterocycles. The first kappa shape index (κ1) is 12.9. The first-order valence-corrected chi connectivity index (χ1v) is 5.35. The molecule has 0 radical (unpaired) electrons. The molecule has 0 heterocycles. The molecule has 1 unspecified atom stereocenters. The van der Waals surface area contributed by atoms with Crippen LogP contribution in [0.25, 0.3) is 0 Å². The van der Waals surface area contributed by atoms with Gasteiger partial charge in [-0.1, -0.05) is 15.9 Å². The molecule has 0 saturated carbocycles. The molecule has 0 spiro atoms. The summed E-state index contributed by atoms with van der Waals surface area (Å²) in [5.41, 5.74) is 5.68. The highest BCUT2D eigenvalue weighted by atomic mass is 79.9. The van der Waals surface area contributed by atoms with Gasteiger partial charge in [0.15, 0.2) is 0 Å². The molecule has 6 heteroatoms. The number of carboxylic acid groups (broad SMARTS) is 1. The van der Waals surface area contributed by atoms with Crippen LogP contribution in [0, 0.1) is 5.82 Å². The summed E-state index contributed by atoms with van der Waals surface area (Å²) in [4.78, 5) is 12.0. The number of carboxylic acids is 1. The number of carbonyl (C=O) groups is 1. The van der Waals surface area contributed by atoms with Gasteiger partial charge in [0.05, 0.1) is 5.69 Å². The summed E-state index contributed by atoms with van der Waals surface area (Å²) in [7, 11) is 1.59. The van der Waals surface area contributed by atoms with E-state index in [9.17, 15) is 9.18 Å². The lowest BCUT2D eigenvalue weighted by Crippen LogP contribution is -2.41. The second-order valence-corrected chi connectivity index (χ2v) is 4.34. The Hall–Kier alpha value is -1.14. The molecule has 1 aromatic rings. The van der Waals surface area contributed by atoms with Gasteiger partial charge < -0.3 is 15.7 Å². The van der Waals surface area contributed by atoms with Gasteiger partial charge in [-0.15, -0.1) is 0 Å².